The van der Waals surface area contributed by atoms with Gasteiger partial charge in [-0.05, 0) is 25.1 Å². The first-order chi connectivity index (χ1) is 17.1. The number of amides is 2. The molecule has 0 aromatic carbocycles. The van der Waals surface area contributed by atoms with Crippen molar-refractivity contribution >= 4 is 23.6 Å². The minimum atomic E-state index is 0.000187. The molecule has 0 unspecified atom stereocenters. The van der Waals surface area contributed by atoms with Gasteiger partial charge in [-0.15, -0.1) is 0 Å². The van der Waals surface area contributed by atoms with Gasteiger partial charge in [-0.25, -0.2) is 14.3 Å². The van der Waals surface area contributed by atoms with Crippen molar-refractivity contribution in [1.29, 1.82) is 0 Å². The Hall–Kier alpha value is -4.21. The number of carbonyl (C=O) groups excluding carboxylic acids is 1. The predicted molar refractivity (Wildman–Crippen MR) is 137 cm³/mol. The van der Waals surface area contributed by atoms with Crippen molar-refractivity contribution in [2.24, 2.45) is 12.0 Å². The number of nitrogens with one attached hydrogen (secondary N) is 1. The summed E-state index contributed by atoms with van der Waals surface area (Å²) in [5, 5.41) is 11.8. The zero-order chi connectivity index (χ0) is 24.4. The number of piperazine rings is 1. The van der Waals surface area contributed by atoms with Crippen LogP contribution < -0.4 is 10.2 Å². The summed E-state index contributed by atoms with van der Waals surface area (Å²) >= 11 is 0. The monoisotopic (exact) mass is 471 g/mol. The van der Waals surface area contributed by atoms with E-state index in [1.54, 1.807) is 11.7 Å². The number of hydrogen-bond acceptors (Lipinski definition) is 6. The molecule has 35 heavy (non-hydrogen) atoms. The molecular formula is C25H29N9O. The van der Waals surface area contributed by atoms with Crippen LogP contribution in [0, 0.1) is 0 Å². The smallest absolute Gasteiger partial charge is 0.317 e. The van der Waals surface area contributed by atoms with Gasteiger partial charge in [0, 0.05) is 99.4 Å². The Kier molecular flexibility index (Phi) is 6.17. The number of anilines is 1. The number of urea groups is 1. The lowest BCUT2D eigenvalue weighted by atomic mass is 10.0. The summed E-state index contributed by atoms with van der Waals surface area (Å²) < 4.78 is 3.68. The van der Waals surface area contributed by atoms with Gasteiger partial charge in [-0.1, -0.05) is 0 Å². The molecule has 2 amide bonds. The number of rotatable bonds is 5. The van der Waals surface area contributed by atoms with Gasteiger partial charge in [0.1, 0.15) is 5.82 Å². The van der Waals surface area contributed by atoms with Crippen molar-refractivity contribution in [1.82, 2.24) is 34.6 Å². The molecule has 5 rings (SSSR count). The maximum atomic E-state index is 12.1. The fourth-order valence-corrected chi connectivity index (χ4v) is 4.46. The molecule has 4 aromatic rings. The molecule has 180 valence electrons. The Balaban J connectivity index is 1.46. The fourth-order valence-electron chi connectivity index (χ4n) is 4.46. The number of fused-ring (bicyclic) bond motifs is 1. The van der Waals surface area contributed by atoms with Crippen molar-refractivity contribution in [2.45, 2.75) is 6.92 Å². The Morgan fingerprint density at radius 2 is 1.89 bits per heavy atom. The van der Waals surface area contributed by atoms with E-state index in [2.05, 4.69) is 37.5 Å². The molecule has 5 heterocycles. The van der Waals surface area contributed by atoms with Crippen LogP contribution in [-0.4, -0.2) is 81.3 Å². The minimum Gasteiger partial charge on any atom is -0.353 e. The number of pyridine rings is 2. The Labute approximate surface area is 203 Å². The quantitative estimate of drug-likeness (QED) is 0.452. The SMILES string of the molecule is CCNC(=O)N1CCN(c2ccc(-c3cc(-c4cnn(C)c4)cn4ncc(/C=N\C)c34)cn2)CC1. The first kappa shape index (κ1) is 22.6. The molecule has 0 atom stereocenters. The topological polar surface area (TPSA) is 96.0 Å². The Bertz CT molecular complexity index is 1360. The molecule has 0 radical (unpaired) electrons. The molecular weight excluding hydrogens is 442 g/mol. The standard InChI is InChI=1S/C25H29N9O/c1-4-27-25(35)33-9-7-32(8-10-33)23-6-5-18(13-28-23)22-11-19(21-15-29-31(3)16-21)17-34-24(22)20(12-26-2)14-30-34/h5-6,11-17H,4,7-10H2,1-3H3,(H,27,35)/b26-12-. The van der Waals surface area contributed by atoms with E-state index in [-0.39, 0.29) is 6.03 Å². The largest absolute Gasteiger partial charge is 0.353 e. The summed E-state index contributed by atoms with van der Waals surface area (Å²) in [6.45, 7) is 5.44. The molecule has 10 heteroatoms. The van der Waals surface area contributed by atoms with Gasteiger partial charge in [0.05, 0.1) is 17.9 Å². The van der Waals surface area contributed by atoms with Crippen LogP contribution in [0.4, 0.5) is 10.6 Å². The third-order valence-electron chi connectivity index (χ3n) is 6.22. The molecule has 1 aliphatic heterocycles. The molecule has 0 bridgehead atoms. The van der Waals surface area contributed by atoms with Crippen LogP contribution in [0.3, 0.4) is 0 Å². The lowest BCUT2D eigenvalue weighted by molar-refractivity contribution is 0.195. The maximum Gasteiger partial charge on any atom is 0.317 e. The number of hydrogen-bond donors (Lipinski definition) is 1. The summed E-state index contributed by atoms with van der Waals surface area (Å²) in [6, 6.07) is 6.30. The second-order valence-corrected chi connectivity index (χ2v) is 8.54. The average molecular weight is 472 g/mol. The van der Waals surface area contributed by atoms with E-state index in [9.17, 15) is 4.79 Å². The normalized spacial score (nSPS) is 14.3. The van der Waals surface area contributed by atoms with Crippen molar-refractivity contribution in [2.75, 3.05) is 44.7 Å². The summed E-state index contributed by atoms with van der Waals surface area (Å²) in [7, 11) is 3.67. The number of carbonyl (C=O) groups is 1. The Morgan fingerprint density at radius 1 is 1.06 bits per heavy atom. The minimum absolute atomic E-state index is 0.000187. The predicted octanol–water partition coefficient (Wildman–Crippen LogP) is 2.70. The summed E-state index contributed by atoms with van der Waals surface area (Å²) in [5.41, 5.74) is 6.00. The van der Waals surface area contributed by atoms with Crippen molar-refractivity contribution in [3.63, 3.8) is 0 Å². The van der Waals surface area contributed by atoms with Crippen LogP contribution in [0.25, 0.3) is 27.8 Å². The van der Waals surface area contributed by atoms with Crippen LogP contribution in [0.5, 0.6) is 0 Å². The van der Waals surface area contributed by atoms with Gasteiger partial charge in [0.2, 0.25) is 0 Å². The van der Waals surface area contributed by atoms with E-state index < -0.39 is 0 Å². The highest BCUT2D eigenvalue weighted by Gasteiger charge is 2.22. The zero-order valence-electron chi connectivity index (χ0n) is 20.2. The van der Waals surface area contributed by atoms with Crippen LogP contribution in [0.15, 0.2) is 54.2 Å². The second kappa shape index (κ2) is 9.57. The second-order valence-electron chi connectivity index (χ2n) is 8.54. The van der Waals surface area contributed by atoms with E-state index in [1.807, 2.05) is 66.7 Å². The molecule has 0 spiro atoms. The van der Waals surface area contributed by atoms with E-state index in [1.165, 1.54) is 0 Å². The highest BCUT2D eigenvalue weighted by Crippen LogP contribution is 2.32. The molecule has 0 saturated carbocycles. The summed E-state index contributed by atoms with van der Waals surface area (Å²) in [5.74, 6) is 0.910. The highest BCUT2D eigenvalue weighted by molar-refractivity contribution is 5.97. The molecule has 1 fully saturated rings. The first-order valence-electron chi connectivity index (χ1n) is 11.7. The molecule has 1 aliphatic rings. The van der Waals surface area contributed by atoms with E-state index in [4.69, 9.17) is 4.98 Å². The lowest BCUT2D eigenvalue weighted by Gasteiger charge is -2.35. The average Bonchev–Trinajstić information content (AvgIpc) is 3.50. The van der Waals surface area contributed by atoms with Gasteiger partial charge in [-0.3, -0.25) is 9.67 Å². The third-order valence-corrected chi connectivity index (χ3v) is 6.22. The van der Waals surface area contributed by atoms with Gasteiger partial charge in [-0.2, -0.15) is 10.2 Å². The van der Waals surface area contributed by atoms with Crippen molar-refractivity contribution in [3.05, 3.63) is 54.7 Å². The van der Waals surface area contributed by atoms with Crippen LogP contribution >= 0.6 is 0 Å². The molecule has 0 aliphatic carbocycles. The molecule has 1 saturated heterocycles. The molecule has 10 nitrogen and oxygen atoms in total. The van der Waals surface area contributed by atoms with E-state index >= 15 is 0 Å². The Morgan fingerprint density at radius 3 is 2.54 bits per heavy atom. The van der Waals surface area contributed by atoms with Crippen LogP contribution in [0.2, 0.25) is 0 Å². The highest BCUT2D eigenvalue weighted by atomic mass is 16.2. The third kappa shape index (κ3) is 4.46. The van der Waals surface area contributed by atoms with E-state index in [0.717, 1.165) is 52.2 Å². The van der Waals surface area contributed by atoms with E-state index in [0.29, 0.717) is 19.6 Å². The molecule has 1 N–H and O–H groups in total. The fraction of sp³-hybridized carbons (Fsp3) is 0.320. The van der Waals surface area contributed by atoms with Crippen LogP contribution in [0.1, 0.15) is 12.5 Å². The number of aryl methyl sites for hydroxylation is 1. The first-order valence-corrected chi connectivity index (χ1v) is 11.7. The van der Waals surface area contributed by atoms with Gasteiger partial charge < -0.3 is 15.1 Å². The van der Waals surface area contributed by atoms with Gasteiger partial charge >= 0.3 is 6.03 Å². The van der Waals surface area contributed by atoms with Crippen molar-refractivity contribution < 1.29 is 4.79 Å². The lowest BCUT2D eigenvalue weighted by Crippen LogP contribution is -2.52. The number of aromatic nitrogens is 5. The van der Waals surface area contributed by atoms with Crippen molar-refractivity contribution in [3.8, 4) is 22.3 Å². The summed E-state index contributed by atoms with van der Waals surface area (Å²) in [6.07, 6.45) is 11.4. The zero-order valence-corrected chi connectivity index (χ0v) is 20.2. The number of nitrogens with zero attached hydrogens (tertiary/aromatic N) is 8. The number of aliphatic imine (C=N–C) groups is 1. The summed E-state index contributed by atoms with van der Waals surface area (Å²) in [4.78, 5) is 25.2. The maximum absolute atomic E-state index is 12.1. The van der Waals surface area contributed by atoms with Crippen LogP contribution in [-0.2, 0) is 7.05 Å². The molecule has 4 aromatic heterocycles. The van der Waals surface area contributed by atoms with Gasteiger partial charge in [0.15, 0.2) is 0 Å². The van der Waals surface area contributed by atoms with Gasteiger partial charge in [0.25, 0.3) is 0 Å².